The maximum Gasteiger partial charge on any atom is 0.410 e. The van der Waals surface area contributed by atoms with Crippen LogP contribution in [0.15, 0.2) is 5.16 Å². The van der Waals surface area contributed by atoms with Gasteiger partial charge in [0.25, 0.3) is 0 Å². The molecule has 3 heterocycles. The fourth-order valence-corrected chi connectivity index (χ4v) is 3.90. The van der Waals surface area contributed by atoms with Crippen molar-refractivity contribution in [2.45, 2.75) is 51.7 Å². The highest BCUT2D eigenvalue weighted by molar-refractivity contribution is 6.34. The number of esters is 1. The molecule has 1 aromatic heterocycles. The summed E-state index contributed by atoms with van der Waals surface area (Å²) in [6.45, 7) is 6.08. The number of aromatic nitrogens is 2. The molecule has 0 radical (unpaired) electrons. The number of carbonyl (C=O) groups is 2. The number of hydrogen-bond donors (Lipinski definition) is 0. The fraction of sp³-hybridized carbons (Fsp3) is 0.650. The SMILES string of the molecule is COC(=O)c1nc(Cl)c(N2CCC(=NOC3CCN(C(=O)OC(C)C)CC3)CC2)nc1Cl. The van der Waals surface area contributed by atoms with Crippen LogP contribution in [0.25, 0.3) is 0 Å². The molecule has 0 N–H and O–H groups in total. The van der Waals surface area contributed by atoms with E-state index in [1.807, 2.05) is 18.7 Å². The molecule has 2 saturated heterocycles. The third-order valence-electron chi connectivity index (χ3n) is 5.18. The first-order valence-electron chi connectivity index (χ1n) is 10.5. The van der Waals surface area contributed by atoms with Crippen LogP contribution in [0.3, 0.4) is 0 Å². The van der Waals surface area contributed by atoms with Crippen LogP contribution in [0.1, 0.15) is 50.0 Å². The van der Waals surface area contributed by atoms with Gasteiger partial charge in [-0.05, 0) is 13.8 Å². The standard InChI is InChI=1S/C20H27Cl2N5O5/c1-12(2)31-20(29)27-10-6-14(7-11-27)32-25-13-4-8-26(9-5-13)18-17(22)23-15(16(21)24-18)19(28)30-3/h12,14H,4-11H2,1-3H3. The first-order valence-corrected chi connectivity index (χ1v) is 11.3. The summed E-state index contributed by atoms with van der Waals surface area (Å²) in [6.07, 6.45) is 2.35. The number of hydrogen-bond acceptors (Lipinski definition) is 9. The lowest BCUT2D eigenvalue weighted by Crippen LogP contribution is -2.41. The van der Waals surface area contributed by atoms with E-state index in [-0.39, 0.29) is 34.3 Å². The Morgan fingerprint density at radius 1 is 1.06 bits per heavy atom. The van der Waals surface area contributed by atoms with Crippen molar-refractivity contribution in [1.82, 2.24) is 14.9 Å². The molecule has 2 aliphatic heterocycles. The van der Waals surface area contributed by atoms with Gasteiger partial charge in [0.2, 0.25) is 0 Å². The molecule has 0 spiro atoms. The van der Waals surface area contributed by atoms with Crippen molar-refractivity contribution in [3.63, 3.8) is 0 Å². The van der Waals surface area contributed by atoms with E-state index < -0.39 is 5.97 Å². The number of anilines is 1. The molecule has 0 atom stereocenters. The van der Waals surface area contributed by atoms with Gasteiger partial charge >= 0.3 is 12.1 Å². The lowest BCUT2D eigenvalue weighted by molar-refractivity contribution is 0.00414. The largest absolute Gasteiger partial charge is 0.464 e. The van der Waals surface area contributed by atoms with Crippen LogP contribution in [0, 0.1) is 0 Å². The zero-order chi connectivity index (χ0) is 23.3. The third kappa shape index (κ3) is 6.13. The van der Waals surface area contributed by atoms with Crippen molar-refractivity contribution in [3.8, 4) is 0 Å². The van der Waals surface area contributed by atoms with Crippen LogP contribution in [-0.2, 0) is 14.3 Å². The second-order valence-electron chi connectivity index (χ2n) is 7.84. The second-order valence-corrected chi connectivity index (χ2v) is 8.55. The second kappa shape index (κ2) is 11.0. The summed E-state index contributed by atoms with van der Waals surface area (Å²) >= 11 is 12.3. The summed E-state index contributed by atoms with van der Waals surface area (Å²) < 4.78 is 9.86. The van der Waals surface area contributed by atoms with Gasteiger partial charge in [-0.25, -0.2) is 19.6 Å². The summed E-state index contributed by atoms with van der Waals surface area (Å²) in [4.78, 5) is 41.3. The molecule has 32 heavy (non-hydrogen) atoms. The maximum absolute atomic E-state index is 12.0. The Morgan fingerprint density at radius 3 is 2.31 bits per heavy atom. The molecular weight excluding hydrogens is 461 g/mol. The van der Waals surface area contributed by atoms with Crippen molar-refractivity contribution in [3.05, 3.63) is 16.0 Å². The van der Waals surface area contributed by atoms with E-state index in [1.54, 1.807) is 4.90 Å². The van der Waals surface area contributed by atoms with Gasteiger partial charge in [-0.1, -0.05) is 28.4 Å². The number of amides is 1. The van der Waals surface area contributed by atoms with Crippen LogP contribution in [0.4, 0.5) is 10.6 Å². The summed E-state index contributed by atoms with van der Waals surface area (Å²) in [6, 6.07) is 0. The Balaban J connectivity index is 1.49. The molecule has 0 unspecified atom stereocenters. The van der Waals surface area contributed by atoms with E-state index in [0.717, 1.165) is 5.71 Å². The van der Waals surface area contributed by atoms with Gasteiger partial charge < -0.3 is 24.1 Å². The monoisotopic (exact) mass is 487 g/mol. The van der Waals surface area contributed by atoms with Gasteiger partial charge in [-0.3, -0.25) is 0 Å². The molecule has 1 amide bonds. The summed E-state index contributed by atoms with van der Waals surface area (Å²) in [5.41, 5.74) is 0.836. The molecule has 0 bridgehead atoms. The number of ether oxygens (including phenoxy) is 2. The van der Waals surface area contributed by atoms with Crippen LogP contribution in [0.5, 0.6) is 0 Å². The van der Waals surface area contributed by atoms with Gasteiger partial charge in [0.15, 0.2) is 21.8 Å². The van der Waals surface area contributed by atoms with E-state index in [1.165, 1.54) is 7.11 Å². The summed E-state index contributed by atoms with van der Waals surface area (Å²) in [5.74, 6) is -0.270. The van der Waals surface area contributed by atoms with Crippen molar-refractivity contribution >= 4 is 46.8 Å². The lowest BCUT2D eigenvalue weighted by atomic mass is 10.1. The molecule has 1 aromatic rings. The average Bonchev–Trinajstić information content (AvgIpc) is 2.78. The topological polar surface area (TPSA) is 106 Å². The first kappa shape index (κ1) is 24.3. The Kier molecular flexibility index (Phi) is 8.36. The number of carbonyl (C=O) groups excluding carboxylic acids is 2. The molecule has 2 aliphatic rings. The number of oxime groups is 1. The minimum Gasteiger partial charge on any atom is -0.464 e. The Hall–Kier alpha value is -2.33. The Morgan fingerprint density at radius 2 is 1.72 bits per heavy atom. The highest BCUT2D eigenvalue weighted by Gasteiger charge is 2.27. The Bertz CT molecular complexity index is 864. The van der Waals surface area contributed by atoms with Crippen LogP contribution < -0.4 is 4.90 Å². The maximum atomic E-state index is 12.0. The normalized spacial score (nSPS) is 17.4. The number of nitrogens with zero attached hydrogens (tertiary/aromatic N) is 5. The minimum atomic E-state index is -0.691. The number of likely N-dealkylation sites (tertiary alicyclic amines) is 1. The van der Waals surface area contributed by atoms with Crippen LogP contribution in [0.2, 0.25) is 10.3 Å². The van der Waals surface area contributed by atoms with E-state index >= 15 is 0 Å². The molecular formula is C20H27Cl2N5O5. The number of rotatable bonds is 5. The van der Waals surface area contributed by atoms with Crippen molar-refractivity contribution in [2.75, 3.05) is 38.2 Å². The van der Waals surface area contributed by atoms with Gasteiger partial charge in [-0.15, -0.1) is 0 Å². The Labute approximate surface area is 196 Å². The quantitative estimate of drug-likeness (QED) is 0.458. The lowest BCUT2D eigenvalue weighted by Gasteiger charge is -2.31. The molecule has 10 nitrogen and oxygen atoms in total. The van der Waals surface area contributed by atoms with Crippen molar-refractivity contribution < 1.29 is 23.9 Å². The van der Waals surface area contributed by atoms with Gasteiger partial charge in [0.05, 0.1) is 18.9 Å². The fourth-order valence-electron chi connectivity index (χ4n) is 3.45. The predicted molar refractivity (Wildman–Crippen MR) is 120 cm³/mol. The molecule has 0 aromatic carbocycles. The molecule has 3 rings (SSSR count). The predicted octanol–water partition coefficient (Wildman–Crippen LogP) is 3.55. The third-order valence-corrected chi connectivity index (χ3v) is 5.70. The van der Waals surface area contributed by atoms with Gasteiger partial charge in [0.1, 0.15) is 6.10 Å². The number of piperidine rings is 2. The van der Waals surface area contributed by atoms with Gasteiger partial charge in [-0.2, -0.15) is 0 Å². The summed E-state index contributed by atoms with van der Waals surface area (Å²) in [7, 11) is 1.24. The van der Waals surface area contributed by atoms with Gasteiger partial charge in [0, 0.05) is 51.9 Å². The number of halogens is 2. The van der Waals surface area contributed by atoms with Crippen LogP contribution >= 0.6 is 23.2 Å². The van der Waals surface area contributed by atoms with Crippen molar-refractivity contribution in [1.29, 1.82) is 0 Å². The van der Waals surface area contributed by atoms with E-state index in [0.29, 0.717) is 57.7 Å². The molecule has 2 fully saturated rings. The summed E-state index contributed by atoms with van der Waals surface area (Å²) in [5, 5.41) is 4.38. The van der Waals surface area contributed by atoms with E-state index in [2.05, 4.69) is 19.9 Å². The smallest absolute Gasteiger partial charge is 0.410 e. The van der Waals surface area contributed by atoms with E-state index in [4.69, 9.17) is 32.8 Å². The molecule has 0 saturated carbocycles. The minimum absolute atomic E-state index is 0.0198. The zero-order valence-electron chi connectivity index (χ0n) is 18.3. The molecule has 176 valence electrons. The zero-order valence-corrected chi connectivity index (χ0v) is 19.9. The van der Waals surface area contributed by atoms with E-state index in [9.17, 15) is 9.59 Å². The molecule has 12 heteroatoms. The van der Waals surface area contributed by atoms with Crippen molar-refractivity contribution in [2.24, 2.45) is 5.16 Å². The first-order chi connectivity index (χ1) is 15.3. The highest BCUT2D eigenvalue weighted by atomic mass is 35.5. The van der Waals surface area contributed by atoms with Crippen LogP contribution in [-0.4, -0.2) is 78.1 Å². The number of methoxy groups -OCH3 is 1. The molecule has 0 aliphatic carbocycles. The average molecular weight is 488 g/mol. The highest BCUT2D eigenvalue weighted by Crippen LogP contribution is 2.28.